The molecule has 2 unspecified atom stereocenters. The molecule has 0 bridgehead atoms. The molecule has 0 heterocycles. The van der Waals surface area contributed by atoms with Gasteiger partial charge >= 0.3 is 5.97 Å². The number of fused-ring (bicyclic) bond motifs is 1. The van der Waals surface area contributed by atoms with Crippen LogP contribution in [0.15, 0.2) is 47.1 Å². The van der Waals surface area contributed by atoms with E-state index in [1.54, 1.807) is 5.57 Å². The summed E-state index contributed by atoms with van der Waals surface area (Å²) in [6.45, 7) is 31.2. The summed E-state index contributed by atoms with van der Waals surface area (Å²) in [7, 11) is -4.54. The topological polar surface area (TPSA) is 65.0 Å². The number of rotatable bonds is 9. The summed E-state index contributed by atoms with van der Waals surface area (Å²) in [5, 5.41) is 9.63. The van der Waals surface area contributed by atoms with Crippen LogP contribution >= 0.6 is 0 Å². The van der Waals surface area contributed by atoms with E-state index in [2.05, 4.69) is 106 Å². The van der Waals surface area contributed by atoms with Gasteiger partial charge < -0.3 is 18.7 Å². The average molecular weight is 617 g/mol. The molecule has 3 aliphatic carbocycles. The van der Waals surface area contributed by atoms with E-state index in [-0.39, 0.29) is 21.6 Å². The molecule has 3 rings (SSSR count). The Bertz CT molecular complexity index is 1130. The fraction of sp³-hybridized carbons (Fsp3) is 0.743. The molecular formula is C35H60O5Si2. The van der Waals surface area contributed by atoms with E-state index in [1.807, 2.05) is 0 Å². The van der Waals surface area contributed by atoms with Crippen molar-refractivity contribution in [2.24, 2.45) is 11.3 Å². The van der Waals surface area contributed by atoms with Crippen molar-refractivity contribution in [2.75, 3.05) is 6.61 Å². The van der Waals surface area contributed by atoms with E-state index in [4.69, 9.17) is 13.6 Å². The predicted molar refractivity (Wildman–Crippen MR) is 180 cm³/mol. The number of hydrogen-bond donors (Lipinski definition) is 1. The molecule has 0 aromatic heterocycles. The Morgan fingerprint density at radius 1 is 1.10 bits per heavy atom. The molecule has 3 aliphatic rings. The Morgan fingerprint density at radius 3 is 2.26 bits per heavy atom. The van der Waals surface area contributed by atoms with Crippen LogP contribution < -0.4 is 0 Å². The molecule has 0 aromatic carbocycles. The second-order valence-electron chi connectivity index (χ2n) is 16.3. The summed E-state index contributed by atoms with van der Waals surface area (Å²) in [6.07, 6.45) is 13.5. The Kier molecular flexibility index (Phi) is 10.3. The van der Waals surface area contributed by atoms with E-state index < -0.39 is 35.0 Å². The molecule has 0 amide bonds. The lowest BCUT2D eigenvalue weighted by Gasteiger charge is -2.51. The molecule has 2 saturated carbocycles. The minimum Gasteiger partial charge on any atom is -0.480 e. The number of allylic oxidation sites excluding steroid dienone is 5. The first-order valence-electron chi connectivity index (χ1n) is 16.1. The lowest BCUT2D eigenvalue weighted by molar-refractivity contribution is -0.213. The standard InChI is InChI=1S/C35H60O5Si2/c1-14-28-19-20-29-26(16-15-21-34(28,29)9)17-18-27-22-35(38-24-31(36)37,40-42(12,13)33(6,7)8)23-30(25(27)2)39-41(10,11)32(3,4)5/h17-19,29-30H,2,14-16,20-24H2,1,3-13H3,(H,36,37)/t29?,30-,34+,35?/m0/s1. The highest BCUT2D eigenvalue weighted by molar-refractivity contribution is 6.74. The average Bonchev–Trinajstić information content (AvgIpc) is 3.18. The van der Waals surface area contributed by atoms with Gasteiger partial charge in [0.15, 0.2) is 22.4 Å². The molecule has 0 spiro atoms. The third-order valence-electron chi connectivity index (χ3n) is 11.3. The summed E-state index contributed by atoms with van der Waals surface area (Å²) in [4.78, 5) is 11.8. The first kappa shape index (κ1) is 35.2. The van der Waals surface area contributed by atoms with Crippen molar-refractivity contribution in [1.29, 1.82) is 0 Å². The van der Waals surface area contributed by atoms with E-state index >= 15 is 0 Å². The number of hydrogen-bond acceptors (Lipinski definition) is 4. The van der Waals surface area contributed by atoms with Crippen molar-refractivity contribution in [2.45, 2.75) is 148 Å². The number of carboxylic acids is 1. The summed E-state index contributed by atoms with van der Waals surface area (Å²) in [5.41, 5.74) is 5.41. The summed E-state index contributed by atoms with van der Waals surface area (Å²) in [5.74, 6) is -1.54. The van der Waals surface area contributed by atoms with Crippen LogP contribution in [0.3, 0.4) is 0 Å². The van der Waals surface area contributed by atoms with Crippen LogP contribution in [0.4, 0.5) is 0 Å². The predicted octanol–water partition coefficient (Wildman–Crippen LogP) is 9.95. The van der Waals surface area contributed by atoms with Crippen LogP contribution in [-0.2, 0) is 18.4 Å². The monoisotopic (exact) mass is 616 g/mol. The fourth-order valence-electron chi connectivity index (χ4n) is 6.59. The molecule has 0 aliphatic heterocycles. The van der Waals surface area contributed by atoms with Gasteiger partial charge in [0.1, 0.15) is 6.61 Å². The van der Waals surface area contributed by atoms with Gasteiger partial charge in [-0.05, 0) is 90.8 Å². The molecule has 0 aromatic rings. The zero-order valence-electron chi connectivity index (χ0n) is 28.8. The minimum absolute atomic E-state index is 0.0143. The van der Waals surface area contributed by atoms with Gasteiger partial charge in [0, 0.05) is 12.8 Å². The Morgan fingerprint density at radius 2 is 1.71 bits per heavy atom. The summed E-state index contributed by atoms with van der Waals surface area (Å²) in [6, 6.07) is 0. The lowest BCUT2D eigenvalue weighted by atomic mass is 9.64. The van der Waals surface area contributed by atoms with Crippen LogP contribution in [0.2, 0.25) is 36.3 Å². The zero-order valence-corrected chi connectivity index (χ0v) is 30.8. The Hall–Kier alpha value is -1.26. The molecule has 4 atom stereocenters. The van der Waals surface area contributed by atoms with Gasteiger partial charge in [-0.2, -0.15) is 0 Å². The minimum atomic E-state index is -2.35. The maximum atomic E-state index is 11.8. The Labute approximate surface area is 259 Å². The number of ether oxygens (including phenoxy) is 1. The van der Waals surface area contributed by atoms with Crippen LogP contribution in [0, 0.1) is 11.3 Å². The van der Waals surface area contributed by atoms with Gasteiger partial charge in [-0.3, -0.25) is 0 Å². The second-order valence-corrected chi connectivity index (χ2v) is 25.8. The third kappa shape index (κ3) is 7.34. The highest BCUT2D eigenvalue weighted by Gasteiger charge is 2.52. The normalized spacial score (nSPS) is 31.4. The second kappa shape index (κ2) is 12.3. The van der Waals surface area contributed by atoms with Gasteiger partial charge in [-0.15, -0.1) is 0 Å². The summed E-state index contributed by atoms with van der Waals surface area (Å²) >= 11 is 0. The van der Waals surface area contributed by atoms with Gasteiger partial charge in [0.25, 0.3) is 0 Å². The van der Waals surface area contributed by atoms with Crippen molar-refractivity contribution in [3.63, 3.8) is 0 Å². The molecule has 7 heteroatoms. The largest absolute Gasteiger partial charge is 0.480 e. The Balaban J connectivity index is 2.09. The molecule has 238 valence electrons. The summed E-state index contributed by atoms with van der Waals surface area (Å²) < 4.78 is 20.4. The van der Waals surface area contributed by atoms with E-state index in [1.165, 1.54) is 18.4 Å². The van der Waals surface area contributed by atoms with Gasteiger partial charge in [-0.25, -0.2) is 4.79 Å². The number of carbonyl (C=O) groups is 1. The van der Waals surface area contributed by atoms with Crippen LogP contribution in [0.25, 0.3) is 0 Å². The zero-order chi connectivity index (χ0) is 31.9. The number of aliphatic carboxylic acids is 1. The SMILES string of the molecule is C=C1C(=CC=C2CCC[C@]3(C)C(CC)=CCC23)CC(OCC(=O)O)(O[Si](C)(C)C(C)(C)C)C[C@@H]1O[Si](C)(C)C(C)(C)C. The molecule has 5 nitrogen and oxygen atoms in total. The fourth-order valence-corrected chi connectivity index (χ4v) is 9.33. The van der Waals surface area contributed by atoms with Crippen molar-refractivity contribution in [3.05, 3.63) is 47.1 Å². The van der Waals surface area contributed by atoms with Gasteiger partial charge in [0.2, 0.25) is 0 Å². The third-order valence-corrected chi connectivity index (χ3v) is 20.3. The maximum Gasteiger partial charge on any atom is 0.329 e. The van der Waals surface area contributed by atoms with E-state index in [0.717, 1.165) is 30.4 Å². The maximum absolute atomic E-state index is 11.8. The molecule has 0 radical (unpaired) electrons. The van der Waals surface area contributed by atoms with Gasteiger partial charge in [0.05, 0.1) is 6.10 Å². The van der Waals surface area contributed by atoms with Crippen molar-refractivity contribution in [3.8, 4) is 0 Å². The van der Waals surface area contributed by atoms with Crippen molar-refractivity contribution < 1.29 is 23.5 Å². The highest BCUT2D eigenvalue weighted by Crippen LogP contribution is 2.55. The molecule has 2 fully saturated rings. The van der Waals surface area contributed by atoms with Crippen molar-refractivity contribution in [1.82, 2.24) is 0 Å². The highest BCUT2D eigenvalue weighted by atomic mass is 28.4. The van der Waals surface area contributed by atoms with Crippen LogP contribution in [0.5, 0.6) is 0 Å². The quantitative estimate of drug-likeness (QED) is 0.159. The van der Waals surface area contributed by atoms with Gasteiger partial charge in [-0.1, -0.05) is 91.3 Å². The molecule has 1 N–H and O–H groups in total. The molecular weight excluding hydrogens is 557 g/mol. The molecule has 42 heavy (non-hydrogen) atoms. The van der Waals surface area contributed by atoms with E-state index in [0.29, 0.717) is 18.8 Å². The van der Waals surface area contributed by atoms with Crippen molar-refractivity contribution >= 4 is 22.6 Å². The first-order chi connectivity index (χ1) is 19.1. The molecule has 0 saturated heterocycles. The van der Waals surface area contributed by atoms with E-state index in [9.17, 15) is 9.90 Å². The lowest BCUT2D eigenvalue weighted by Crippen LogP contribution is -2.56. The smallest absolute Gasteiger partial charge is 0.329 e. The number of carboxylic acid groups (broad SMARTS) is 1. The van der Waals surface area contributed by atoms with Crippen LogP contribution in [0.1, 0.15) is 100 Å². The van der Waals surface area contributed by atoms with Crippen LogP contribution in [-0.4, -0.2) is 46.2 Å². The first-order valence-corrected chi connectivity index (χ1v) is 21.9.